The first-order chi connectivity index (χ1) is 17.3. The number of aromatic amines is 1. The number of methoxy groups -OCH3 is 1. The molecule has 0 saturated carbocycles. The molecule has 0 bridgehead atoms. The zero-order valence-corrected chi connectivity index (χ0v) is 19.7. The summed E-state index contributed by atoms with van der Waals surface area (Å²) in [7, 11) is 1.30. The van der Waals surface area contributed by atoms with Crippen LogP contribution in [0.25, 0.3) is 10.9 Å². The van der Waals surface area contributed by atoms with Crippen LogP contribution >= 0.6 is 0 Å². The molecule has 4 rings (SSSR count). The van der Waals surface area contributed by atoms with E-state index < -0.39 is 11.9 Å². The van der Waals surface area contributed by atoms with Gasteiger partial charge in [-0.3, -0.25) is 9.59 Å². The van der Waals surface area contributed by atoms with Gasteiger partial charge in [0.15, 0.2) is 5.88 Å². The van der Waals surface area contributed by atoms with E-state index >= 15 is 0 Å². The van der Waals surface area contributed by atoms with Gasteiger partial charge in [-0.05, 0) is 36.4 Å². The van der Waals surface area contributed by atoms with Crippen LogP contribution in [0.2, 0.25) is 0 Å². The van der Waals surface area contributed by atoms with E-state index in [2.05, 4.69) is 4.98 Å². The second-order valence-corrected chi connectivity index (χ2v) is 8.01. The zero-order chi connectivity index (χ0) is 25.8. The molecule has 4 N–H and O–H groups in total. The van der Waals surface area contributed by atoms with Gasteiger partial charge in [-0.1, -0.05) is 36.4 Å². The monoisotopic (exact) mass is 484 g/mol. The largest absolute Gasteiger partial charge is 0.494 e. The van der Waals surface area contributed by atoms with Crippen molar-refractivity contribution in [2.45, 2.75) is 6.92 Å². The molecule has 36 heavy (non-hydrogen) atoms. The summed E-state index contributed by atoms with van der Waals surface area (Å²) in [4.78, 5) is 44.3. The van der Waals surface area contributed by atoms with Crippen molar-refractivity contribution in [2.75, 3.05) is 18.6 Å². The predicted octanol–water partition coefficient (Wildman–Crippen LogP) is 3.67. The number of H-pyrrole nitrogens is 1. The maximum atomic E-state index is 12.0. The molecule has 0 saturated heterocycles. The quantitative estimate of drug-likeness (QED) is 0.271. The Morgan fingerprint density at radius 3 is 2.31 bits per heavy atom. The molecule has 0 aliphatic rings. The Bertz CT molecular complexity index is 1470. The SMILES string of the molecule is COC(=O)c1ccc2c(C(=Nc3ccc(N(CC(N)=O)C(C)=O)cc3)c3ccccc3)c(O)[nH]c2c1. The Morgan fingerprint density at radius 2 is 1.69 bits per heavy atom. The fraction of sp³-hybridized carbons (Fsp3) is 0.111. The third-order valence-corrected chi connectivity index (χ3v) is 5.58. The normalized spacial score (nSPS) is 11.3. The molecule has 0 unspecified atom stereocenters. The van der Waals surface area contributed by atoms with Crippen molar-refractivity contribution in [1.82, 2.24) is 4.98 Å². The highest BCUT2D eigenvalue weighted by Gasteiger charge is 2.20. The third kappa shape index (κ3) is 4.95. The van der Waals surface area contributed by atoms with Crippen LogP contribution < -0.4 is 10.6 Å². The van der Waals surface area contributed by atoms with E-state index in [-0.39, 0.29) is 18.3 Å². The highest BCUT2D eigenvalue weighted by molar-refractivity contribution is 6.22. The van der Waals surface area contributed by atoms with Crippen molar-refractivity contribution in [3.05, 3.63) is 89.5 Å². The number of nitrogens with two attached hydrogens (primary N) is 1. The number of aromatic nitrogens is 1. The van der Waals surface area contributed by atoms with Crippen LogP contribution in [0.4, 0.5) is 11.4 Å². The van der Waals surface area contributed by atoms with Gasteiger partial charge < -0.3 is 25.5 Å². The molecule has 9 heteroatoms. The van der Waals surface area contributed by atoms with Crippen LogP contribution in [0.15, 0.2) is 77.8 Å². The molecule has 0 atom stereocenters. The van der Waals surface area contributed by atoms with Crippen molar-refractivity contribution in [2.24, 2.45) is 10.7 Å². The molecular formula is C27H24N4O5. The molecule has 9 nitrogen and oxygen atoms in total. The molecule has 2 amide bonds. The molecule has 1 aromatic heterocycles. The standard InChI is InChI=1S/C27H24N4O5/c1-16(32)31(15-23(28)33)20-11-9-19(10-12-20)29-25(17-6-4-3-5-7-17)24-21-13-8-18(27(35)36-2)14-22(21)30-26(24)34/h3-14,30,34H,15H2,1-2H3,(H2,28,33). The number of hydrogen-bond donors (Lipinski definition) is 3. The summed E-state index contributed by atoms with van der Waals surface area (Å²) in [6.45, 7) is 1.12. The number of benzene rings is 3. The predicted molar refractivity (Wildman–Crippen MR) is 137 cm³/mol. The lowest BCUT2D eigenvalue weighted by molar-refractivity contribution is -0.121. The second-order valence-electron chi connectivity index (χ2n) is 8.01. The lowest BCUT2D eigenvalue weighted by Crippen LogP contribution is -2.37. The van der Waals surface area contributed by atoms with Crippen LogP contribution in [-0.4, -0.2) is 47.2 Å². The minimum absolute atomic E-state index is 0.101. The number of aliphatic imine (C=N–C) groups is 1. The average Bonchev–Trinajstić information content (AvgIpc) is 3.20. The van der Waals surface area contributed by atoms with Crippen LogP contribution in [0.3, 0.4) is 0 Å². The van der Waals surface area contributed by atoms with Crippen molar-refractivity contribution in [3.63, 3.8) is 0 Å². The van der Waals surface area contributed by atoms with Gasteiger partial charge >= 0.3 is 5.97 Å². The number of primary amides is 1. The Balaban J connectivity index is 1.82. The maximum Gasteiger partial charge on any atom is 0.337 e. The van der Waals surface area contributed by atoms with Crippen molar-refractivity contribution >= 4 is 45.8 Å². The molecule has 1 heterocycles. The first kappa shape index (κ1) is 24.2. The second kappa shape index (κ2) is 10.1. The number of nitrogens with zero attached hydrogens (tertiary/aromatic N) is 2. The van der Waals surface area contributed by atoms with E-state index in [4.69, 9.17) is 15.5 Å². The molecule has 0 aliphatic carbocycles. The molecule has 0 aliphatic heterocycles. The number of aromatic hydroxyl groups is 1. The number of ether oxygens (including phenoxy) is 1. The Morgan fingerprint density at radius 1 is 1.00 bits per heavy atom. The highest BCUT2D eigenvalue weighted by Crippen LogP contribution is 2.32. The number of amides is 2. The number of hydrogen-bond acceptors (Lipinski definition) is 6. The maximum absolute atomic E-state index is 12.0. The van der Waals surface area contributed by atoms with E-state index in [0.717, 1.165) is 5.56 Å². The Labute approximate surface area is 206 Å². The van der Waals surface area contributed by atoms with Gasteiger partial charge in [-0.15, -0.1) is 0 Å². The lowest BCUT2D eigenvalue weighted by atomic mass is 10.00. The fourth-order valence-electron chi connectivity index (χ4n) is 3.91. The van der Waals surface area contributed by atoms with Crippen LogP contribution in [-0.2, 0) is 14.3 Å². The molecule has 182 valence electrons. The number of anilines is 1. The summed E-state index contributed by atoms with van der Waals surface area (Å²) in [6, 6.07) is 21.1. The number of esters is 1. The van der Waals surface area contributed by atoms with Crippen molar-refractivity contribution in [1.29, 1.82) is 0 Å². The molecule has 0 fully saturated rings. The summed E-state index contributed by atoms with van der Waals surface area (Å²) >= 11 is 0. The Kier molecular flexibility index (Phi) is 6.82. The highest BCUT2D eigenvalue weighted by atomic mass is 16.5. The number of carbonyl (C=O) groups is 3. The minimum Gasteiger partial charge on any atom is -0.494 e. The van der Waals surface area contributed by atoms with Gasteiger partial charge in [0.2, 0.25) is 11.8 Å². The third-order valence-electron chi connectivity index (χ3n) is 5.58. The smallest absolute Gasteiger partial charge is 0.337 e. The Hall–Kier alpha value is -4.92. The lowest BCUT2D eigenvalue weighted by Gasteiger charge is -2.19. The van der Waals surface area contributed by atoms with E-state index in [1.807, 2.05) is 30.3 Å². The first-order valence-electron chi connectivity index (χ1n) is 11.0. The number of nitrogens with one attached hydrogen (secondary N) is 1. The minimum atomic E-state index is -0.621. The summed E-state index contributed by atoms with van der Waals surface area (Å²) in [5, 5.41) is 11.5. The fourth-order valence-corrected chi connectivity index (χ4v) is 3.91. The van der Waals surface area contributed by atoms with E-state index in [1.165, 1.54) is 18.9 Å². The summed E-state index contributed by atoms with van der Waals surface area (Å²) in [6.07, 6.45) is 0. The summed E-state index contributed by atoms with van der Waals surface area (Å²) in [5.74, 6) is -1.52. The number of fused-ring (bicyclic) bond motifs is 1. The van der Waals surface area contributed by atoms with Gasteiger partial charge in [0.25, 0.3) is 0 Å². The molecule has 4 aromatic rings. The van der Waals surface area contributed by atoms with Crippen LogP contribution in [0.1, 0.15) is 28.4 Å². The first-order valence-corrected chi connectivity index (χ1v) is 11.0. The van der Waals surface area contributed by atoms with Crippen molar-refractivity contribution < 1.29 is 24.2 Å². The molecule has 0 radical (unpaired) electrons. The number of carbonyl (C=O) groups excluding carboxylic acids is 3. The van der Waals surface area contributed by atoms with Gasteiger partial charge in [0.05, 0.1) is 29.6 Å². The van der Waals surface area contributed by atoms with Crippen LogP contribution in [0.5, 0.6) is 5.88 Å². The van der Waals surface area contributed by atoms with E-state index in [0.29, 0.717) is 39.1 Å². The van der Waals surface area contributed by atoms with E-state index in [1.54, 1.807) is 42.5 Å². The molecule has 0 spiro atoms. The van der Waals surface area contributed by atoms with Gasteiger partial charge in [0.1, 0.15) is 6.54 Å². The molecule has 3 aromatic carbocycles. The summed E-state index contributed by atoms with van der Waals surface area (Å²) < 4.78 is 4.79. The summed E-state index contributed by atoms with van der Waals surface area (Å²) in [5.41, 5.74) is 8.95. The van der Waals surface area contributed by atoms with Gasteiger partial charge in [-0.2, -0.15) is 0 Å². The van der Waals surface area contributed by atoms with Gasteiger partial charge in [-0.25, -0.2) is 9.79 Å². The van der Waals surface area contributed by atoms with Gasteiger partial charge in [0, 0.05) is 29.1 Å². The zero-order valence-electron chi connectivity index (χ0n) is 19.7. The van der Waals surface area contributed by atoms with Crippen LogP contribution in [0, 0.1) is 0 Å². The average molecular weight is 485 g/mol. The van der Waals surface area contributed by atoms with Crippen molar-refractivity contribution in [3.8, 4) is 5.88 Å². The van der Waals surface area contributed by atoms with E-state index in [9.17, 15) is 19.5 Å². The number of rotatable bonds is 7. The topological polar surface area (TPSA) is 138 Å². The molecular weight excluding hydrogens is 460 g/mol.